The van der Waals surface area contributed by atoms with Gasteiger partial charge in [0, 0.05) is 29.7 Å². The number of aryl methyl sites for hydroxylation is 2. The summed E-state index contributed by atoms with van der Waals surface area (Å²) in [4.78, 5) is 18.7. The average Bonchev–Trinajstić information content (AvgIpc) is 3.41. The second kappa shape index (κ2) is 13.2. The van der Waals surface area contributed by atoms with Gasteiger partial charge in [0.15, 0.2) is 5.69 Å². The minimum absolute atomic E-state index is 0.0361. The van der Waals surface area contributed by atoms with Crippen LogP contribution in [0.1, 0.15) is 34.2 Å². The van der Waals surface area contributed by atoms with Crippen LogP contribution in [-0.2, 0) is 13.2 Å². The number of hydrogen-bond acceptors (Lipinski definition) is 7. The van der Waals surface area contributed by atoms with Gasteiger partial charge in [-0.1, -0.05) is 12.1 Å². The van der Waals surface area contributed by atoms with Crippen LogP contribution < -0.4 is 0 Å². The molecule has 0 atom stereocenters. The zero-order chi connectivity index (χ0) is 24.2. The average molecular weight is 572 g/mol. The first-order valence-electron chi connectivity index (χ1n) is 9.53. The Labute approximate surface area is 208 Å². The van der Waals surface area contributed by atoms with Crippen molar-refractivity contribution in [3.8, 4) is 12.1 Å². The van der Waals surface area contributed by atoms with E-state index in [0.29, 0.717) is 22.5 Å². The Hall–Kier alpha value is -3.38. The predicted octanol–water partition coefficient (Wildman–Crippen LogP) is 4.20. The van der Waals surface area contributed by atoms with Crippen molar-refractivity contribution in [3.63, 3.8) is 0 Å². The highest BCUT2D eigenvalue weighted by Gasteiger charge is 2.06. The van der Waals surface area contributed by atoms with Gasteiger partial charge in [0.05, 0.1) is 19.3 Å². The van der Waals surface area contributed by atoms with Crippen LogP contribution >= 0.6 is 31.9 Å². The SMILES string of the molecule is Cc1nc(C#N)cn1Cc1cccnc1Br.Cc1ncc(C#N)[nH]1.OCc1cccnc1Br. The molecule has 9 nitrogen and oxygen atoms in total. The molecule has 4 aromatic rings. The van der Waals surface area contributed by atoms with Gasteiger partial charge in [-0.05, 0) is 57.8 Å². The van der Waals surface area contributed by atoms with E-state index in [1.54, 1.807) is 31.6 Å². The lowest BCUT2D eigenvalue weighted by Crippen LogP contribution is -2.01. The molecule has 0 aromatic carbocycles. The molecule has 0 radical (unpaired) electrons. The van der Waals surface area contributed by atoms with Crippen molar-refractivity contribution in [1.82, 2.24) is 29.5 Å². The number of aromatic nitrogens is 6. The fraction of sp³-hybridized carbons (Fsp3) is 0.182. The number of nitriles is 2. The molecule has 33 heavy (non-hydrogen) atoms. The van der Waals surface area contributed by atoms with Crippen LogP contribution in [0.3, 0.4) is 0 Å². The molecular formula is C22H20Br2N8O. The number of rotatable bonds is 3. The molecule has 0 bridgehead atoms. The smallest absolute Gasteiger partial charge is 0.158 e. The molecule has 0 aliphatic carbocycles. The number of nitrogens with one attached hydrogen (secondary N) is 1. The van der Waals surface area contributed by atoms with E-state index < -0.39 is 0 Å². The van der Waals surface area contributed by atoms with Crippen LogP contribution in [0.5, 0.6) is 0 Å². The molecule has 0 aliphatic rings. The van der Waals surface area contributed by atoms with Crippen LogP contribution in [0.4, 0.5) is 0 Å². The van der Waals surface area contributed by atoms with Crippen LogP contribution in [-0.4, -0.2) is 34.6 Å². The van der Waals surface area contributed by atoms with Gasteiger partial charge in [-0.3, -0.25) is 0 Å². The number of aliphatic hydroxyl groups is 1. The summed E-state index contributed by atoms with van der Waals surface area (Å²) in [5, 5.41) is 25.6. The van der Waals surface area contributed by atoms with Gasteiger partial charge >= 0.3 is 0 Å². The Balaban J connectivity index is 0.000000192. The van der Waals surface area contributed by atoms with E-state index in [1.807, 2.05) is 41.8 Å². The van der Waals surface area contributed by atoms with Gasteiger partial charge in [0.1, 0.15) is 38.7 Å². The molecule has 2 N–H and O–H groups in total. The summed E-state index contributed by atoms with van der Waals surface area (Å²) >= 11 is 6.58. The van der Waals surface area contributed by atoms with Gasteiger partial charge in [-0.25, -0.2) is 19.9 Å². The highest BCUT2D eigenvalue weighted by molar-refractivity contribution is 9.10. The Morgan fingerprint density at radius 1 is 1.00 bits per heavy atom. The van der Waals surface area contributed by atoms with Gasteiger partial charge < -0.3 is 14.7 Å². The zero-order valence-electron chi connectivity index (χ0n) is 17.9. The molecule has 0 saturated carbocycles. The Kier molecular flexibility index (Phi) is 10.4. The summed E-state index contributed by atoms with van der Waals surface area (Å²) < 4.78 is 3.47. The number of aliphatic hydroxyl groups excluding tert-OH is 1. The Bertz CT molecular complexity index is 1270. The number of hydrogen-bond donors (Lipinski definition) is 2. The Morgan fingerprint density at radius 3 is 2.03 bits per heavy atom. The lowest BCUT2D eigenvalue weighted by Gasteiger charge is -2.05. The molecular weight excluding hydrogens is 552 g/mol. The lowest BCUT2D eigenvalue weighted by atomic mass is 10.3. The summed E-state index contributed by atoms with van der Waals surface area (Å²) in [5.74, 6) is 1.61. The molecule has 4 aromatic heterocycles. The molecule has 11 heteroatoms. The van der Waals surface area contributed by atoms with Crippen molar-refractivity contribution >= 4 is 31.9 Å². The fourth-order valence-corrected chi connectivity index (χ4v) is 3.21. The topological polar surface area (TPSA) is 140 Å². The van der Waals surface area contributed by atoms with Crippen molar-refractivity contribution in [3.05, 3.63) is 92.4 Å². The monoisotopic (exact) mass is 570 g/mol. The Morgan fingerprint density at radius 2 is 1.64 bits per heavy atom. The molecule has 0 fully saturated rings. The highest BCUT2D eigenvalue weighted by atomic mass is 79.9. The van der Waals surface area contributed by atoms with Gasteiger partial charge in [0.2, 0.25) is 0 Å². The molecule has 0 aliphatic heterocycles. The third-order valence-electron chi connectivity index (χ3n) is 4.10. The molecule has 4 rings (SSSR count). The summed E-state index contributed by atoms with van der Waals surface area (Å²) in [5.41, 5.74) is 2.84. The molecule has 4 heterocycles. The predicted molar refractivity (Wildman–Crippen MR) is 129 cm³/mol. The third-order valence-corrected chi connectivity index (χ3v) is 5.53. The minimum atomic E-state index is 0.0361. The number of halogens is 2. The normalized spacial score (nSPS) is 9.55. The summed E-state index contributed by atoms with van der Waals surface area (Å²) in [7, 11) is 0. The second-order valence-electron chi connectivity index (χ2n) is 6.47. The maximum atomic E-state index is 8.75. The maximum Gasteiger partial charge on any atom is 0.158 e. The van der Waals surface area contributed by atoms with E-state index in [4.69, 9.17) is 15.6 Å². The van der Waals surface area contributed by atoms with Crippen LogP contribution in [0, 0.1) is 36.5 Å². The summed E-state index contributed by atoms with van der Waals surface area (Å²) in [6.45, 7) is 4.38. The van der Waals surface area contributed by atoms with E-state index >= 15 is 0 Å². The maximum absolute atomic E-state index is 8.75. The lowest BCUT2D eigenvalue weighted by molar-refractivity contribution is 0.280. The zero-order valence-corrected chi connectivity index (χ0v) is 21.0. The van der Waals surface area contributed by atoms with Gasteiger partial charge in [0.25, 0.3) is 0 Å². The summed E-state index contributed by atoms with van der Waals surface area (Å²) in [6.07, 6.45) is 6.66. The van der Waals surface area contributed by atoms with E-state index in [-0.39, 0.29) is 6.61 Å². The van der Waals surface area contributed by atoms with E-state index in [2.05, 4.69) is 56.8 Å². The quantitative estimate of drug-likeness (QED) is 0.351. The van der Waals surface area contributed by atoms with Crippen molar-refractivity contribution < 1.29 is 5.11 Å². The largest absolute Gasteiger partial charge is 0.392 e. The number of H-pyrrole nitrogens is 1. The first-order valence-corrected chi connectivity index (χ1v) is 11.1. The number of nitrogens with zero attached hydrogens (tertiary/aromatic N) is 7. The van der Waals surface area contributed by atoms with Crippen molar-refractivity contribution in [1.29, 1.82) is 10.5 Å². The molecule has 0 unspecified atom stereocenters. The second-order valence-corrected chi connectivity index (χ2v) is 7.97. The highest BCUT2D eigenvalue weighted by Crippen LogP contribution is 2.15. The van der Waals surface area contributed by atoms with E-state index in [0.717, 1.165) is 27.4 Å². The van der Waals surface area contributed by atoms with Crippen LogP contribution in [0.2, 0.25) is 0 Å². The molecule has 0 spiro atoms. The van der Waals surface area contributed by atoms with E-state index in [9.17, 15) is 0 Å². The standard InChI is InChI=1S/C11H9BrN4.C6H6BrNO.C5H5N3/c1-8-15-10(5-13)7-16(8)6-9-3-2-4-14-11(9)12;7-6-5(4-9)2-1-3-8-6;1-4-7-3-5(2-6)8-4/h2-4,7H,6H2,1H3;1-3,9H,4H2;3H,1H3,(H,7,8). The van der Waals surface area contributed by atoms with Crippen LogP contribution in [0.25, 0.3) is 0 Å². The molecule has 0 amide bonds. The summed E-state index contributed by atoms with van der Waals surface area (Å²) in [6, 6.07) is 11.4. The fourth-order valence-electron chi connectivity index (χ4n) is 2.46. The molecule has 168 valence electrons. The van der Waals surface area contributed by atoms with Gasteiger partial charge in [-0.15, -0.1) is 0 Å². The van der Waals surface area contributed by atoms with Crippen molar-refractivity contribution in [2.45, 2.75) is 27.0 Å². The first-order chi connectivity index (χ1) is 15.9. The van der Waals surface area contributed by atoms with E-state index in [1.165, 1.54) is 6.20 Å². The van der Waals surface area contributed by atoms with Gasteiger partial charge in [-0.2, -0.15) is 10.5 Å². The minimum Gasteiger partial charge on any atom is -0.392 e. The number of imidazole rings is 2. The molecule has 0 saturated heterocycles. The first kappa shape index (κ1) is 25.9. The number of aromatic amines is 1. The third kappa shape index (κ3) is 8.24. The van der Waals surface area contributed by atoms with Crippen molar-refractivity contribution in [2.75, 3.05) is 0 Å². The van der Waals surface area contributed by atoms with Crippen LogP contribution in [0.15, 0.2) is 58.3 Å². The van der Waals surface area contributed by atoms with Crippen molar-refractivity contribution in [2.24, 2.45) is 0 Å². The number of pyridine rings is 2.